The average molecular weight is 298 g/mol. The Hall–Kier alpha value is -1.87. The van der Waals surface area contributed by atoms with Gasteiger partial charge in [0.25, 0.3) is 5.56 Å². The van der Waals surface area contributed by atoms with Crippen molar-refractivity contribution in [3.05, 3.63) is 57.4 Å². The predicted octanol–water partition coefficient (Wildman–Crippen LogP) is 3.91. The molecule has 3 heteroatoms. The molecule has 118 valence electrons. The van der Waals surface area contributed by atoms with E-state index in [1.165, 1.54) is 11.1 Å². The third-order valence-corrected chi connectivity index (χ3v) is 3.99. The maximum Gasteiger partial charge on any atom is 0.256 e. The van der Waals surface area contributed by atoms with Crippen LogP contribution in [0.5, 0.6) is 0 Å². The average Bonchev–Trinajstić information content (AvgIpc) is 2.36. The van der Waals surface area contributed by atoms with Crippen molar-refractivity contribution < 1.29 is 0 Å². The van der Waals surface area contributed by atoms with Crippen LogP contribution in [0.4, 0.5) is 0 Å². The number of hydrogen-bond donors (Lipinski definition) is 1. The van der Waals surface area contributed by atoms with Crippen LogP contribution >= 0.6 is 0 Å². The lowest BCUT2D eigenvalue weighted by atomic mass is 9.94. The molecule has 1 aromatic carbocycles. The van der Waals surface area contributed by atoms with E-state index in [2.05, 4.69) is 32.0 Å². The van der Waals surface area contributed by atoms with E-state index in [0.29, 0.717) is 5.56 Å². The summed E-state index contributed by atoms with van der Waals surface area (Å²) in [6.45, 7) is 11.9. The molecule has 0 spiro atoms. The quantitative estimate of drug-likeness (QED) is 0.934. The fourth-order valence-corrected chi connectivity index (χ4v) is 2.88. The minimum absolute atomic E-state index is 0.0000231. The van der Waals surface area contributed by atoms with Crippen molar-refractivity contribution in [1.82, 2.24) is 4.57 Å². The number of hydrogen-bond acceptors (Lipinski definition) is 2. The second kappa shape index (κ2) is 5.73. The summed E-state index contributed by atoms with van der Waals surface area (Å²) in [5.41, 5.74) is 10.6. The van der Waals surface area contributed by atoms with Crippen molar-refractivity contribution in [3.63, 3.8) is 0 Å². The summed E-state index contributed by atoms with van der Waals surface area (Å²) < 4.78 is 1.85. The topological polar surface area (TPSA) is 48.0 Å². The van der Waals surface area contributed by atoms with Crippen LogP contribution in [0, 0.1) is 13.8 Å². The van der Waals surface area contributed by atoms with Gasteiger partial charge in [-0.1, -0.05) is 23.8 Å². The standard InChI is InChI=1S/C19H26N2O/c1-12(2)21-17(15-8-7-13(3)11-14(15)4)10-9-16(18(21)22)19(5,6)20/h7-12H,20H2,1-6H3. The van der Waals surface area contributed by atoms with E-state index in [1.807, 2.05) is 44.4 Å². The SMILES string of the molecule is Cc1ccc(-c2ccc(C(C)(C)N)c(=O)n2C(C)C)c(C)c1. The molecule has 1 heterocycles. The molecule has 2 N–H and O–H groups in total. The lowest BCUT2D eigenvalue weighted by Crippen LogP contribution is -2.38. The first-order valence-corrected chi connectivity index (χ1v) is 7.75. The summed E-state index contributed by atoms with van der Waals surface area (Å²) in [4.78, 5) is 12.9. The van der Waals surface area contributed by atoms with Gasteiger partial charge >= 0.3 is 0 Å². The molecular weight excluding hydrogens is 272 g/mol. The van der Waals surface area contributed by atoms with Crippen molar-refractivity contribution in [2.75, 3.05) is 0 Å². The van der Waals surface area contributed by atoms with E-state index in [4.69, 9.17) is 5.73 Å². The van der Waals surface area contributed by atoms with E-state index >= 15 is 0 Å². The zero-order chi connectivity index (χ0) is 16.7. The van der Waals surface area contributed by atoms with Crippen molar-refractivity contribution in [1.29, 1.82) is 0 Å². The second-order valence-electron chi connectivity index (χ2n) is 6.94. The highest BCUT2D eigenvalue weighted by molar-refractivity contribution is 5.65. The summed E-state index contributed by atoms with van der Waals surface area (Å²) in [6.07, 6.45) is 0. The first-order chi connectivity index (χ1) is 10.1. The number of benzene rings is 1. The molecule has 2 rings (SSSR count). The summed E-state index contributed by atoms with van der Waals surface area (Å²) in [6, 6.07) is 10.3. The van der Waals surface area contributed by atoms with Gasteiger partial charge in [0.2, 0.25) is 0 Å². The van der Waals surface area contributed by atoms with Crippen LogP contribution in [-0.2, 0) is 5.54 Å². The van der Waals surface area contributed by atoms with Gasteiger partial charge in [-0.15, -0.1) is 0 Å². The molecule has 0 atom stereocenters. The number of nitrogens with two attached hydrogens (primary N) is 1. The van der Waals surface area contributed by atoms with Crippen molar-refractivity contribution in [2.45, 2.75) is 53.1 Å². The fourth-order valence-electron chi connectivity index (χ4n) is 2.88. The molecule has 2 aromatic rings. The number of nitrogens with zero attached hydrogens (tertiary/aromatic N) is 1. The first-order valence-electron chi connectivity index (χ1n) is 7.75. The molecule has 0 bridgehead atoms. The Morgan fingerprint density at radius 1 is 1.09 bits per heavy atom. The molecule has 3 nitrogen and oxygen atoms in total. The highest BCUT2D eigenvalue weighted by atomic mass is 16.1. The Bertz CT molecular complexity index is 749. The largest absolute Gasteiger partial charge is 0.322 e. The van der Waals surface area contributed by atoms with Gasteiger partial charge < -0.3 is 10.3 Å². The minimum atomic E-state index is -0.644. The van der Waals surface area contributed by atoms with Gasteiger partial charge in [0, 0.05) is 22.7 Å². The maximum absolute atomic E-state index is 12.9. The maximum atomic E-state index is 12.9. The Kier molecular flexibility index (Phi) is 4.30. The number of aryl methyl sites for hydroxylation is 2. The molecule has 0 aliphatic heterocycles. The third-order valence-electron chi connectivity index (χ3n) is 3.99. The molecule has 1 aromatic heterocycles. The van der Waals surface area contributed by atoms with Crippen LogP contribution < -0.4 is 11.3 Å². The Labute approximate surface area is 132 Å². The zero-order valence-corrected chi connectivity index (χ0v) is 14.4. The normalized spacial score (nSPS) is 12.0. The Morgan fingerprint density at radius 3 is 2.23 bits per heavy atom. The lowest BCUT2D eigenvalue weighted by Gasteiger charge is -2.24. The van der Waals surface area contributed by atoms with Crippen LogP contribution in [0.15, 0.2) is 35.1 Å². The van der Waals surface area contributed by atoms with Gasteiger partial charge in [0.1, 0.15) is 0 Å². The monoisotopic (exact) mass is 298 g/mol. The van der Waals surface area contributed by atoms with E-state index < -0.39 is 5.54 Å². The Balaban J connectivity index is 2.78. The minimum Gasteiger partial charge on any atom is -0.322 e. The number of pyridine rings is 1. The zero-order valence-electron chi connectivity index (χ0n) is 14.4. The molecule has 0 saturated heterocycles. The van der Waals surface area contributed by atoms with Gasteiger partial charge in [-0.25, -0.2) is 0 Å². The molecule has 0 aliphatic carbocycles. The van der Waals surface area contributed by atoms with Crippen molar-refractivity contribution in [3.8, 4) is 11.3 Å². The van der Waals surface area contributed by atoms with Crippen LogP contribution in [0.1, 0.15) is 50.4 Å². The molecule has 0 fully saturated rings. The van der Waals surface area contributed by atoms with E-state index in [9.17, 15) is 4.79 Å². The summed E-state index contributed by atoms with van der Waals surface area (Å²) in [5.74, 6) is 0. The van der Waals surface area contributed by atoms with E-state index in [1.54, 1.807) is 0 Å². The van der Waals surface area contributed by atoms with Gasteiger partial charge in [-0.3, -0.25) is 4.79 Å². The highest BCUT2D eigenvalue weighted by Crippen LogP contribution is 2.27. The molecule has 0 unspecified atom stereocenters. The highest BCUT2D eigenvalue weighted by Gasteiger charge is 2.22. The number of rotatable bonds is 3. The Morgan fingerprint density at radius 2 is 1.73 bits per heavy atom. The molecule has 0 amide bonds. The smallest absolute Gasteiger partial charge is 0.256 e. The molecule has 22 heavy (non-hydrogen) atoms. The molecule has 0 saturated carbocycles. The summed E-state index contributed by atoms with van der Waals surface area (Å²) in [7, 11) is 0. The lowest BCUT2D eigenvalue weighted by molar-refractivity contribution is 0.517. The van der Waals surface area contributed by atoms with Crippen LogP contribution in [-0.4, -0.2) is 4.57 Å². The molecule has 0 aliphatic rings. The van der Waals surface area contributed by atoms with E-state index in [0.717, 1.165) is 11.3 Å². The number of aromatic nitrogens is 1. The van der Waals surface area contributed by atoms with Gasteiger partial charge in [-0.05, 0) is 59.2 Å². The van der Waals surface area contributed by atoms with Crippen LogP contribution in [0.25, 0.3) is 11.3 Å². The van der Waals surface area contributed by atoms with Crippen LogP contribution in [0.2, 0.25) is 0 Å². The summed E-state index contributed by atoms with van der Waals surface area (Å²) in [5, 5.41) is 0. The van der Waals surface area contributed by atoms with Crippen LogP contribution in [0.3, 0.4) is 0 Å². The van der Waals surface area contributed by atoms with Gasteiger partial charge in [0.05, 0.1) is 5.69 Å². The second-order valence-corrected chi connectivity index (χ2v) is 6.94. The fraction of sp³-hybridized carbons (Fsp3) is 0.421. The van der Waals surface area contributed by atoms with E-state index in [-0.39, 0.29) is 11.6 Å². The van der Waals surface area contributed by atoms with Crippen molar-refractivity contribution in [2.24, 2.45) is 5.73 Å². The summed E-state index contributed by atoms with van der Waals surface area (Å²) >= 11 is 0. The van der Waals surface area contributed by atoms with Gasteiger partial charge in [-0.2, -0.15) is 0 Å². The molecule has 0 radical (unpaired) electrons. The predicted molar refractivity (Wildman–Crippen MR) is 93.2 cm³/mol. The molecular formula is C19H26N2O. The third kappa shape index (κ3) is 3.00. The first kappa shape index (κ1) is 16.5. The van der Waals surface area contributed by atoms with Crippen molar-refractivity contribution >= 4 is 0 Å². The van der Waals surface area contributed by atoms with Gasteiger partial charge in [0.15, 0.2) is 0 Å².